The molecule has 2 fully saturated rings. The van der Waals surface area contributed by atoms with Crippen LogP contribution in [0.5, 0.6) is 0 Å². The first-order chi connectivity index (χ1) is 18.3. The number of benzene rings is 1. The first-order valence-electron chi connectivity index (χ1n) is 13.8. The molecule has 1 atom stereocenters. The molecule has 8 heteroatoms. The number of nitriles is 1. The number of amides is 1. The van der Waals surface area contributed by atoms with Crippen LogP contribution in [0.1, 0.15) is 68.8 Å². The third-order valence-electron chi connectivity index (χ3n) is 8.35. The van der Waals surface area contributed by atoms with Crippen LogP contribution in [0.4, 0.5) is 5.82 Å². The zero-order valence-corrected chi connectivity index (χ0v) is 22.8. The monoisotopic (exact) mass is 512 g/mol. The molecule has 1 saturated carbocycles. The average molecular weight is 513 g/mol. The van der Waals surface area contributed by atoms with Gasteiger partial charge in [0.25, 0.3) is 0 Å². The van der Waals surface area contributed by atoms with Crippen LogP contribution in [0, 0.1) is 17.2 Å². The van der Waals surface area contributed by atoms with E-state index in [9.17, 15) is 10.1 Å². The van der Waals surface area contributed by atoms with E-state index in [0.717, 1.165) is 46.4 Å². The Balaban J connectivity index is 1.29. The molecule has 1 aromatic carbocycles. The van der Waals surface area contributed by atoms with Gasteiger partial charge in [-0.3, -0.25) is 9.48 Å². The van der Waals surface area contributed by atoms with Crippen LogP contribution in [0.3, 0.4) is 0 Å². The van der Waals surface area contributed by atoms with Gasteiger partial charge in [-0.05, 0) is 44.2 Å². The molecular formula is C30H36N6O2. The summed E-state index contributed by atoms with van der Waals surface area (Å²) < 4.78 is 7.94. The highest BCUT2D eigenvalue weighted by molar-refractivity contribution is 5.82. The number of piperazine rings is 1. The van der Waals surface area contributed by atoms with Gasteiger partial charge < -0.3 is 14.5 Å². The van der Waals surface area contributed by atoms with Gasteiger partial charge in [-0.1, -0.05) is 32.0 Å². The maximum atomic E-state index is 13.6. The Labute approximate surface area is 224 Å². The van der Waals surface area contributed by atoms with E-state index in [1.807, 2.05) is 35.4 Å². The van der Waals surface area contributed by atoms with Gasteiger partial charge in [0.1, 0.15) is 18.4 Å². The minimum atomic E-state index is -0.305. The highest BCUT2D eigenvalue weighted by atomic mass is 16.5. The van der Waals surface area contributed by atoms with Gasteiger partial charge in [0.05, 0.1) is 41.2 Å². The first kappa shape index (κ1) is 24.9. The van der Waals surface area contributed by atoms with Gasteiger partial charge in [0.15, 0.2) is 0 Å². The second kappa shape index (κ2) is 9.39. The van der Waals surface area contributed by atoms with Crippen molar-refractivity contribution in [2.24, 2.45) is 5.92 Å². The Morgan fingerprint density at radius 3 is 2.74 bits per heavy atom. The molecule has 0 radical (unpaired) electrons. The molecule has 3 aliphatic rings. The second-order valence-corrected chi connectivity index (χ2v) is 12.0. The van der Waals surface area contributed by atoms with Crippen LogP contribution in [0.2, 0.25) is 0 Å². The molecule has 1 unspecified atom stereocenters. The molecule has 1 aliphatic carbocycles. The average Bonchev–Trinajstić information content (AvgIpc) is 3.67. The lowest BCUT2D eigenvalue weighted by Crippen LogP contribution is -2.58. The second-order valence-electron chi connectivity index (χ2n) is 12.0. The Morgan fingerprint density at radius 2 is 2.00 bits per heavy atom. The van der Waals surface area contributed by atoms with Gasteiger partial charge >= 0.3 is 0 Å². The molecule has 0 N–H and O–H groups in total. The zero-order chi connectivity index (χ0) is 26.6. The van der Waals surface area contributed by atoms with Gasteiger partial charge in [-0.25, -0.2) is 4.98 Å². The normalized spacial score (nSPS) is 21.0. The number of para-hydroxylation sites is 1. The van der Waals surface area contributed by atoms with E-state index in [1.54, 1.807) is 4.68 Å². The fourth-order valence-corrected chi connectivity index (χ4v) is 6.07. The molecule has 4 heterocycles. The van der Waals surface area contributed by atoms with Gasteiger partial charge in [-0.2, -0.15) is 10.4 Å². The largest absolute Gasteiger partial charge is 0.370 e. The molecule has 0 spiro atoms. The molecule has 8 nitrogen and oxygen atoms in total. The van der Waals surface area contributed by atoms with E-state index >= 15 is 0 Å². The van der Waals surface area contributed by atoms with E-state index < -0.39 is 0 Å². The predicted octanol–water partition coefficient (Wildman–Crippen LogP) is 4.41. The van der Waals surface area contributed by atoms with E-state index in [-0.39, 0.29) is 30.0 Å². The molecule has 1 saturated heterocycles. The number of anilines is 1. The van der Waals surface area contributed by atoms with E-state index in [2.05, 4.69) is 43.8 Å². The van der Waals surface area contributed by atoms with Crippen molar-refractivity contribution in [3.05, 3.63) is 52.8 Å². The van der Waals surface area contributed by atoms with Crippen LogP contribution in [-0.2, 0) is 29.1 Å². The number of rotatable bonds is 5. The lowest BCUT2D eigenvalue weighted by molar-refractivity contribution is -0.135. The number of pyridine rings is 1. The minimum Gasteiger partial charge on any atom is -0.370 e. The van der Waals surface area contributed by atoms with Crippen LogP contribution < -0.4 is 4.90 Å². The smallest absolute Gasteiger partial charge is 0.244 e. The van der Waals surface area contributed by atoms with Crippen molar-refractivity contribution in [3.8, 4) is 6.07 Å². The number of hydrogen-bond acceptors (Lipinski definition) is 6. The summed E-state index contributed by atoms with van der Waals surface area (Å²) in [5.74, 6) is 1.59. The maximum absolute atomic E-state index is 13.6. The molecule has 1 amide bonds. The quantitative estimate of drug-likeness (QED) is 0.503. The molecule has 2 aromatic heterocycles. The molecule has 0 bridgehead atoms. The minimum absolute atomic E-state index is 0.0200. The summed E-state index contributed by atoms with van der Waals surface area (Å²) in [6, 6.07) is 10.5. The number of fused-ring (bicyclic) bond motifs is 2. The molecular weight excluding hydrogens is 476 g/mol. The number of carbonyl (C=O) groups is 1. The SMILES string of the molecule is CC(C)C1CN(c2nc(C3CC3)c3c(c2C#N)CC(C)(C)OC3)CCN1C(=O)Cn1ncc2ccccc21. The Hall–Kier alpha value is -3.44. The number of ether oxygens (including phenoxy) is 1. The van der Waals surface area contributed by atoms with E-state index in [0.29, 0.717) is 44.1 Å². The highest BCUT2D eigenvalue weighted by Gasteiger charge is 2.39. The Kier molecular flexibility index (Phi) is 6.14. The van der Waals surface area contributed by atoms with E-state index in [4.69, 9.17) is 9.72 Å². The van der Waals surface area contributed by atoms with Crippen LogP contribution in [0.25, 0.3) is 10.9 Å². The molecule has 198 valence electrons. The number of hydrogen-bond donors (Lipinski definition) is 0. The molecule has 6 rings (SSSR count). The summed E-state index contributed by atoms with van der Waals surface area (Å²) in [6.07, 6.45) is 4.82. The molecule has 2 aliphatic heterocycles. The predicted molar refractivity (Wildman–Crippen MR) is 146 cm³/mol. The third kappa shape index (κ3) is 4.43. The van der Waals surface area contributed by atoms with Crippen molar-refractivity contribution in [2.45, 2.75) is 77.7 Å². The summed E-state index contributed by atoms with van der Waals surface area (Å²) in [6.45, 7) is 11.2. The standard InChI is InChI=1S/C30H36N6O2/c1-19(2)26-16-34(11-12-35(26)27(37)17-36-25-8-6-5-7-21(25)15-32-36)29-23(14-31)22-13-30(3,4)38-18-24(22)28(33-29)20-9-10-20/h5-8,15,19-20,26H,9-13,16-18H2,1-4H3. The number of aromatic nitrogens is 3. The summed E-state index contributed by atoms with van der Waals surface area (Å²) in [5.41, 5.74) is 4.71. The fourth-order valence-electron chi connectivity index (χ4n) is 6.07. The van der Waals surface area contributed by atoms with Crippen molar-refractivity contribution in [3.63, 3.8) is 0 Å². The van der Waals surface area contributed by atoms with Crippen LogP contribution >= 0.6 is 0 Å². The van der Waals surface area contributed by atoms with Crippen molar-refractivity contribution in [1.82, 2.24) is 19.7 Å². The van der Waals surface area contributed by atoms with Crippen molar-refractivity contribution in [2.75, 3.05) is 24.5 Å². The van der Waals surface area contributed by atoms with Crippen molar-refractivity contribution < 1.29 is 9.53 Å². The number of carbonyl (C=O) groups excluding carboxylic acids is 1. The van der Waals surface area contributed by atoms with Crippen molar-refractivity contribution in [1.29, 1.82) is 5.26 Å². The summed E-state index contributed by atoms with van der Waals surface area (Å²) in [4.78, 5) is 23.0. The maximum Gasteiger partial charge on any atom is 0.244 e. The molecule has 38 heavy (non-hydrogen) atoms. The first-order valence-corrected chi connectivity index (χ1v) is 13.8. The highest BCUT2D eigenvalue weighted by Crippen LogP contribution is 2.46. The van der Waals surface area contributed by atoms with Crippen molar-refractivity contribution >= 4 is 22.6 Å². The molecule has 3 aromatic rings. The van der Waals surface area contributed by atoms with Gasteiger partial charge in [-0.15, -0.1) is 0 Å². The fraction of sp³-hybridized carbons (Fsp3) is 0.533. The third-order valence-corrected chi connectivity index (χ3v) is 8.35. The van der Waals surface area contributed by atoms with E-state index in [1.165, 1.54) is 0 Å². The Morgan fingerprint density at radius 1 is 1.21 bits per heavy atom. The summed E-state index contributed by atoms with van der Waals surface area (Å²) in [5, 5.41) is 15.8. The number of nitrogens with zero attached hydrogens (tertiary/aromatic N) is 6. The topological polar surface area (TPSA) is 87.3 Å². The lowest BCUT2D eigenvalue weighted by Gasteiger charge is -2.44. The zero-order valence-electron chi connectivity index (χ0n) is 22.8. The van der Waals surface area contributed by atoms with Gasteiger partial charge in [0, 0.05) is 42.9 Å². The Bertz CT molecular complexity index is 1430. The summed E-state index contributed by atoms with van der Waals surface area (Å²) in [7, 11) is 0. The van der Waals surface area contributed by atoms with Gasteiger partial charge in [0.2, 0.25) is 5.91 Å². The van der Waals surface area contributed by atoms with Crippen LogP contribution in [-0.4, -0.2) is 56.8 Å². The summed E-state index contributed by atoms with van der Waals surface area (Å²) >= 11 is 0. The lowest BCUT2D eigenvalue weighted by atomic mass is 9.87. The van der Waals surface area contributed by atoms with Crippen LogP contribution in [0.15, 0.2) is 30.5 Å².